The summed E-state index contributed by atoms with van der Waals surface area (Å²) in [6.07, 6.45) is 9.37. The molecule has 0 radical (unpaired) electrons. The highest BCUT2D eigenvalue weighted by Crippen LogP contribution is 2.31. The third-order valence-electron chi connectivity index (χ3n) is 6.07. The topological polar surface area (TPSA) is 80.6 Å². The minimum Gasteiger partial charge on any atom is -0.508 e. The fourth-order valence-corrected chi connectivity index (χ4v) is 4.83. The number of hydrogen-bond donors (Lipinski definition) is 2. The normalized spacial score (nSPS) is 17.9. The van der Waals surface area contributed by atoms with Gasteiger partial charge in [0, 0.05) is 45.0 Å². The summed E-state index contributed by atoms with van der Waals surface area (Å²) in [5.41, 5.74) is 3.09. The number of H-pyrrole nitrogens is 1. The summed E-state index contributed by atoms with van der Waals surface area (Å²) >= 11 is 1.59. The van der Waals surface area contributed by atoms with Crippen LogP contribution in [-0.2, 0) is 0 Å². The molecule has 0 atom stereocenters. The van der Waals surface area contributed by atoms with Crippen LogP contribution in [0.25, 0.3) is 16.1 Å². The van der Waals surface area contributed by atoms with Crippen molar-refractivity contribution in [3.8, 4) is 0 Å². The number of allylic oxidation sites excluding steroid dienone is 6. The quantitative estimate of drug-likeness (QED) is 0.334. The lowest BCUT2D eigenvalue weighted by Gasteiger charge is -2.36. The van der Waals surface area contributed by atoms with Crippen molar-refractivity contribution in [2.24, 2.45) is 4.99 Å². The number of rotatable bonds is 8. The average Bonchev–Trinajstić information content (AvgIpc) is 3.39. The SMILES string of the molecule is C=CC(=C\C(O)=C(/C)c1nc2sc(N(C)C3CCN(CC)CC3)nc2[nH]1)/C(C=NC)=C/C. The molecule has 1 aliphatic rings. The van der Waals surface area contributed by atoms with Gasteiger partial charge in [-0.1, -0.05) is 37.0 Å². The maximum Gasteiger partial charge on any atom is 0.189 e. The number of piperidine rings is 1. The van der Waals surface area contributed by atoms with Crippen LogP contribution in [0.2, 0.25) is 0 Å². The first-order valence-electron chi connectivity index (χ1n) is 11.1. The van der Waals surface area contributed by atoms with Crippen LogP contribution in [0.3, 0.4) is 0 Å². The lowest BCUT2D eigenvalue weighted by Crippen LogP contribution is -2.43. The van der Waals surface area contributed by atoms with E-state index >= 15 is 0 Å². The highest BCUT2D eigenvalue weighted by Gasteiger charge is 2.24. The molecule has 2 aromatic heterocycles. The van der Waals surface area contributed by atoms with Gasteiger partial charge in [-0.15, -0.1) is 0 Å². The van der Waals surface area contributed by atoms with Gasteiger partial charge < -0.3 is 19.9 Å². The average molecular weight is 455 g/mol. The number of fused-ring (bicyclic) bond motifs is 1. The molecule has 172 valence electrons. The minimum atomic E-state index is 0.130. The summed E-state index contributed by atoms with van der Waals surface area (Å²) in [6, 6.07) is 0.508. The largest absolute Gasteiger partial charge is 0.508 e. The van der Waals surface area contributed by atoms with E-state index in [1.807, 2.05) is 19.9 Å². The van der Waals surface area contributed by atoms with Gasteiger partial charge in [0.1, 0.15) is 11.6 Å². The van der Waals surface area contributed by atoms with Crippen molar-refractivity contribution >= 4 is 38.7 Å². The van der Waals surface area contributed by atoms with E-state index in [1.54, 1.807) is 36.8 Å². The molecule has 0 amide bonds. The Kier molecular flexibility index (Phi) is 8.04. The number of aromatic nitrogens is 3. The zero-order valence-electron chi connectivity index (χ0n) is 19.7. The fraction of sp³-hybridized carbons (Fsp3) is 0.458. The van der Waals surface area contributed by atoms with Crippen molar-refractivity contribution < 1.29 is 5.11 Å². The number of likely N-dealkylation sites (tertiary alicyclic amines) is 1. The molecular formula is C24H34N6OS. The maximum absolute atomic E-state index is 10.7. The third kappa shape index (κ3) is 5.19. The van der Waals surface area contributed by atoms with Gasteiger partial charge in [0.05, 0.1) is 0 Å². The number of nitrogens with zero attached hydrogens (tertiary/aromatic N) is 5. The van der Waals surface area contributed by atoms with Crippen LogP contribution >= 0.6 is 11.3 Å². The molecule has 0 aromatic carbocycles. The standard InChI is InChI=1S/C24H34N6OS/c1-7-17(18(8-2)15-25-5)14-20(31)16(4)21-26-22-23(27-21)32-24(28-22)29(6)19-10-12-30(9-3)13-11-19/h7-8,14-15,19,31H,1,9-13H2,2-6H3,(H,26,27)/b17-14+,18-8+,20-16-,25-15?. The third-order valence-corrected chi connectivity index (χ3v) is 7.11. The van der Waals surface area contributed by atoms with Gasteiger partial charge in [-0.05, 0) is 50.5 Å². The van der Waals surface area contributed by atoms with Gasteiger partial charge in [0.15, 0.2) is 15.6 Å². The number of hydrogen-bond acceptors (Lipinski definition) is 7. The van der Waals surface area contributed by atoms with Crippen LogP contribution in [0.5, 0.6) is 0 Å². The van der Waals surface area contributed by atoms with Gasteiger partial charge in [0.25, 0.3) is 0 Å². The molecule has 3 rings (SSSR count). The first-order valence-corrected chi connectivity index (χ1v) is 11.9. The second-order valence-corrected chi connectivity index (χ2v) is 8.91. The number of imidazole rings is 1. The van der Waals surface area contributed by atoms with E-state index in [0.717, 1.165) is 59.2 Å². The van der Waals surface area contributed by atoms with E-state index in [1.165, 1.54) is 0 Å². The molecule has 0 aliphatic carbocycles. The van der Waals surface area contributed by atoms with Gasteiger partial charge in [-0.25, -0.2) is 9.97 Å². The van der Waals surface area contributed by atoms with E-state index < -0.39 is 0 Å². The van der Waals surface area contributed by atoms with Crippen LogP contribution in [-0.4, -0.2) is 70.9 Å². The lowest BCUT2D eigenvalue weighted by molar-refractivity contribution is 0.221. The van der Waals surface area contributed by atoms with E-state index in [4.69, 9.17) is 9.97 Å². The van der Waals surface area contributed by atoms with Crippen molar-refractivity contribution in [3.63, 3.8) is 0 Å². The molecule has 1 fully saturated rings. The summed E-state index contributed by atoms with van der Waals surface area (Å²) in [4.78, 5) is 22.4. The molecule has 0 saturated carbocycles. The Bertz CT molecular complexity index is 1030. The Hall–Kier alpha value is -2.71. The van der Waals surface area contributed by atoms with E-state index in [2.05, 4.69) is 40.3 Å². The number of aliphatic imine (C=N–C) groups is 1. The second kappa shape index (κ2) is 10.7. The van der Waals surface area contributed by atoms with Crippen LogP contribution in [0, 0.1) is 0 Å². The predicted octanol–water partition coefficient (Wildman–Crippen LogP) is 4.99. The molecule has 1 aliphatic heterocycles. The molecule has 7 nitrogen and oxygen atoms in total. The highest BCUT2D eigenvalue weighted by molar-refractivity contribution is 7.21. The summed E-state index contributed by atoms with van der Waals surface area (Å²) in [5.74, 6) is 0.748. The van der Waals surface area contributed by atoms with Crippen LogP contribution in [0.15, 0.2) is 46.7 Å². The zero-order valence-corrected chi connectivity index (χ0v) is 20.5. The monoisotopic (exact) mass is 454 g/mol. The minimum absolute atomic E-state index is 0.130. The van der Waals surface area contributed by atoms with Crippen molar-refractivity contribution in [1.29, 1.82) is 0 Å². The molecule has 32 heavy (non-hydrogen) atoms. The zero-order chi connectivity index (χ0) is 23.3. The predicted molar refractivity (Wildman–Crippen MR) is 137 cm³/mol. The van der Waals surface area contributed by atoms with Crippen LogP contribution in [0.1, 0.15) is 39.4 Å². The van der Waals surface area contributed by atoms with Crippen LogP contribution < -0.4 is 4.90 Å². The summed E-state index contributed by atoms with van der Waals surface area (Å²) in [5, 5.41) is 11.7. The number of aliphatic hydroxyl groups excluding tert-OH is 1. The van der Waals surface area contributed by atoms with Gasteiger partial charge in [-0.2, -0.15) is 0 Å². The Morgan fingerprint density at radius 1 is 1.34 bits per heavy atom. The molecule has 8 heteroatoms. The number of thiazole rings is 1. The van der Waals surface area contributed by atoms with E-state index in [9.17, 15) is 5.11 Å². The molecule has 2 N–H and O–H groups in total. The molecule has 0 unspecified atom stereocenters. The number of aromatic amines is 1. The molecule has 1 saturated heterocycles. The first-order chi connectivity index (χ1) is 15.4. The van der Waals surface area contributed by atoms with E-state index in [0.29, 0.717) is 17.4 Å². The molecule has 3 heterocycles. The molecular weight excluding hydrogens is 420 g/mol. The van der Waals surface area contributed by atoms with Crippen molar-refractivity contribution in [2.75, 3.05) is 38.6 Å². The summed E-state index contributed by atoms with van der Waals surface area (Å²) < 4.78 is 0. The Morgan fingerprint density at radius 3 is 2.62 bits per heavy atom. The molecule has 0 bridgehead atoms. The van der Waals surface area contributed by atoms with Gasteiger partial charge in [0.2, 0.25) is 0 Å². The Balaban J connectivity index is 1.81. The van der Waals surface area contributed by atoms with Gasteiger partial charge in [-0.3, -0.25) is 4.99 Å². The van der Waals surface area contributed by atoms with Crippen LogP contribution in [0.4, 0.5) is 5.13 Å². The van der Waals surface area contributed by atoms with E-state index in [-0.39, 0.29) is 5.76 Å². The number of aliphatic hydroxyl groups is 1. The van der Waals surface area contributed by atoms with Crippen molar-refractivity contribution in [1.82, 2.24) is 19.9 Å². The van der Waals surface area contributed by atoms with Gasteiger partial charge >= 0.3 is 0 Å². The molecule has 0 spiro atoms. The second-order valence-electron chi connectivity index (χ2n) is 7.96. The van der Waals surface area contributed by atoms with Crippen molar-refractivity contribution in [3.05, 3.63) is 47.5 Å². The summed E-state index contributed by atoms with van der Waals surface area (Å²) in [6.45, 7) is 13.2. The highest BCUT2D eigenvalue weighted by atomic mass is 32.1. The molecule has 2 aromatic rings. The van der Waals surface area contributed by atoms with Crippen molar-refractivity contribution in [2.45, 2.75) is 39.7 Å². The Labute approximate surface area is 194 Å². The smallest absolute Gasteiger partial charge is 0.189 e. The number of nitrogens with one attached hydrogen (secondary N) is 1. The summed E-state index contributed by atoms with van der Waals surface area (Å²) in [7, 11) is 3.84. The Morgan fingerprint density at radius 2 is 2.06 bits per heavy atom. The maximum atomic E-state index is 10.7. The lowest BCUT2D eigenvalue weighted by atomic mass is 10.0. The first kappa shape index (κ1) is 23.9. The number of anilines is 1. The fourth-order valence-electron chi connectivity index (χ4n) is 3.90.